The van der Waals surface area contributed by atoms with Crippen molar-refractivity contribution in [3.63, 3.8) is 0 Å². The highest BCUT2D eigenvalue weighted by molar-refractivity contribution is 6.00. The number of amides is 1. The number of anilines is 1. The molecule has 7 nitrogen and oxygen atoms in total. The molecule has 2 aromatic rings. The summed E-state index contributed by atoms with van der Waals surface area (Å²) in [5.74, 6) is -0.384. The van der Waals surface area contributed by atoms with Gasteiger partial charge in [0.05, 0.1) is 4.92 Å². The number of hydrogen-bond acceptors (Lipinski definition) is 5. The van der Waals surface area contributed by atoms with Gasteiger partial charge < -0.3 is 14.5 Å². The van der Waals surface area contributed by atoms with Crippen molar-refractivity contribution in [1.82, 2.24) is 4.90 Å². The van der Waals surface area contributed by atoms with Gasteiger partial charge in [0.2, 0.25) is 5.91 Å². The van der Waals surface area contributed by atoms with Crippen molar-refractivity contribution in [3.8, 4) is 5.75 Å². The molecule has 0 radical (unpaired) electrons. The number of alkyl halides is 3. The van der Waals surface area contributed by atoms with Gasteiger partial charge in [0.1, 0.15) is 5.75 Å². The van der Waals surface area contributed by atoms with Gasteiger partial charge in [-0.1, -0.05) is 6.07 Å². The van der Waals surface area contributed by atoms with Crippen LogP contribution in [0.15, 0.2) is 48.0 Å². The Morgan fingerprint density at radius 3 is 2.32 bits per heavy atom. The molecule has 1 heterocycles. The van der Waals surface area contributed by atoms with Crippen LogP contribution in [0.5, 0.6) is 5.75 Å². The smallest absolute Gasteiger partial charge is 0.406 e. The zero-order valence-electron chi connectivity index (χ0n) is 16.3. The lowest BCUT2D eigenvalue weighted by Crippen LogP contribution is -2.49. The SMILES string of the molecule is O=C(C1=Cc2cc([N+](=O)[O-])ccc2C1)N1CCN(c2ccc(OC(F)(F)F)cc2)CC1. The van der Waals surface area contributed by atoms with Crippen molar-refractivity contribution in [2.24, 2.45) is 0 Å². The second-order valence-electron chi connectivity index (χ2n) is 7.31. The highest BCUT2D eigenvalue weighted by Crippen LogP contribution is 2.30. The van der Waals surface area contributed by atoms with Gasteiger partial charge in [0.25, 0.3) is 5.69 Å². The Balaban J connectivity index is 1.36. The summed E-state index contributed by atoms with van der Waals surface area (Å²) >= 11 is 0. The zero-order chi connectivity index (χ0) is 22.2. The van der Waals surface area contributed by atoms with E-state index in [-0.39, 0.29) is 17.3 Å². The number of ether oxygens (including phenoxy) is 1. The van der Waals surface area contributed by atoms with Crippen LogP contribution in [0.3, 0.4) is 0 Å². The highest BCUT2D eigenvalue weighted by atomic mass is 19.4. The minimum absolute atomic E-state index is 0.0102. The lowest BCUT2D eigenvalue weighted by atomic mass is 10.1. The number of halogens is 3. The predicted octanol–water partition coefficient (Wildman–Crippen LogP) is 3.78. The maximum Gasteiger partial charge on any atom is 0.573 e. The summed E-state index contributed by atoms with van der Waals surface area (Å²) < 4.78 is 40.7. The van der Waals surface area contributed by atoms with Crippen molar-refractivity contribution in [2.45, 2.75) is 12.8 Å². The number of carbonyl (C=O) groups excluding carboxylic acids is 1. The molecule has 31 heavy (non-hydrogen) atoms. The number of benzene rings is 2. The molecule has 0 unspecified atom stereocenters. The van der Waals surface area contributed by atoms with Crippen molar-refractivity contribution >= 4 is 23.4 Å². The molecule has 0 bridgehead atoms. The van der Waals surface area contributed by atoms with Gasteiger partial charge in [-0.3, -0.25) is 14.9 Å². The van der Waals surface area contributed by atoms with Crippen molar-refractivity contribution in [2.75, 3.05) is 31.1 Å². The van der Waals surface area contributed by atoms with Gasteiger partial charge in [-0.05, 0) is 41.5 Å². The second kappa shape index (κ2) is 7.93. The van der Waals surface area contributed by atoms with E-state index in [1.807, 2.05) is 4.90 Å². The van der Waals surface area contributed by atoms with E-state index in [9.17, 15) is 28.1 Å². The molecule has 0 aromatic heterocycles. The average molecular weight is 433 g/mol. The molecule has 4 rings (SSSR count). The Bertz CT molecular complexity index is 1040. The molecule has 2 aromatic carbocycles. The van der Waals surface area contributed by atoms with Crippen LogP contribution in [0, 0.1) is 10.1 Å². The van der Waals surface area contributed by atoms with Gasteiger partial charge in [0.15, 0.2) is 0 Å². The summed E-state index contributed by atoms with van der Waals surface area (Å²) in [6.07, 6.45) is -2.59. The fraction of sp³-hybridized carbons (Fsp3) is 0.286. The first-order valence-corrected chi connectivity index (χ1v) is 9.57. The standard InChI is InChI=1S/C21H18F3N3O4/c22-21(23,24)31-19-5-3-17(4-6-19)25-7-9-26(10-8-25)20(28)16-11-14-1-2-18(27(29)30)13-15(14)12-16/h1-6,12-13H,7-11H2. The Morgan fingerprint density at radius 1 is 1.03 bits per heavy atom. The molecule has 1 amide bonds. The van der Waals surface area contributed by atoms with E-state index in [1.165, 1.54) is 24.3 Å². The van der Waals surface area contributed by atoms with Crippen LogP contribution >= 0.6 is 0 Å². The van der Waals surface area contributed by atoms with Crippen LogP contribution in [0.2, 0.25) is 0 Å². The molecule has 162 valence electrons. The normalized spacial score (nSPS) is 16.0. The van der Waals surface area contributed by atoms with Gasteiger partial charge in [-0.2, -0.15) is 0 Å². The van der Waals surface area contributed by atoms with Crippen LogP contribution in [0.4, 0.5) is 24.5 Å². The summed E-state index contributed by atoms with van der Waals surface area (Å²) in [6, 6.07) is 10.2. The van der Waals surface area contributed by atoms with Crippen LogP contribution < -0.4 is 9.64 Å². The molecule has 0 atom stereocenters. The third-order valence-electron chi connectivity index (χ3n) is 5.33. The minimum atomic E-state index is -4.73. The summed E-state index contributed by atoms with van der Waals surface area (Å²) in [6.45, 7) is 2.01. The number of nitrogens with zero attached hydrogens (tertiary/aromatic N) is 3. The number of hydrogen-bond donors (Lipinski definition) is 0. The number of nitro benzene ring substituents is 1. The fourth-order valence-electron chi connectivity index (χ4n) is 3.80. The van der Waals surface area contributed by atoms with Crippen LogP contribution in [-0.2, 0) is 11.2 Å². The summed E-state index contributed by atoms with van der Waals surface area (Å²) in [5.41, 5.74) is 2.91. The third-order valence-corrected chi connectivity index (χ3v) is 5.33. The molecule has 0 saturated carbocycles. The molecular weight excluding hydrogens is 415 g/mol. The molecule has 1 aliphatic carbocycles. The number of carbonyl (C=O) groups is 1. The topological polar surface area (TPSA) is 75.9 Å². The van der Waals surface area contributed by atoms with Crippen LogP contribution in [0.25, 0.3) is 6.08 Å². The molecule has 0 N–H and O–H groups in total. The first kappa shape index (κ1) is 20.7. The minimum Gasteiger partial charge on any atom is -0.406 e. The molecule has 1 saturated heterocycles. The lowest BCUT2D eigenvalue weighted by Gasteiger charge is -2.36. The average Bonchev–Trinajstić information content (AvgIpc) is 3.16. The Morgan fingerprint density at radius 2 is 1.71 bits per heavy atom. The number of non-ortho nitro benzene ring substituents is 1. The first-order valence-electron chi connectivity index (χ1n) is 9.57. The third kappa shape index (κ3) is 4.62. The Labute approximate surface area is 175 Å². The van der Waals surface area contributed by atoms with Crippen molar-refractivity contribution < 1.29 is 27.6 Å². The van der Waals surface area contributed by atoms with Crippen molar-refractivity contribution in [1.29, 1.82) is 0 Å². The largest absolute Gasteiger partial charge is 0.573 e. The van der Waals surface area contributed by atoms with E-state index in [1.54, 1.807) is 29.2 Å². The van der Waals surface area contributed by atoms with E-state index in [4.69, 9.17) is 0 Å². The van der Waals surface area contributed by atoms with Crippen LogP contribution in [-0.4, -0.2) is 48.3 Å². The second-order valence-corrected chi connectivity index (χ2v) is 7.31. The monoisotopic (exact) mass is 433 g/mol. The quantitative estimate of drug-likeness (QED) is 0.542. The first-order chi connectivity index (χ1) is 14.7. The molecule has 10 heteroatoms. The maximum absolute atomic E-state index is 12.9. The summed E-state index contributed by atoms with van der Waals surface area (Å²) in [4.78, 5) is 27.1. The van der Waals surface area contributed by atoms with Crippen molar-refractivity contribution in [3.05, 3.63) is 69.3 Å². The van der Waals surface area contributed by atoms with E-state index in [2.05, 4.69) is 4.74 Å². The number of rotatable bonds is 4. The molecule has 2 aliphatic rings. The fourth-order valence-corrected chi connectivity index (χ4v) is 3.80. The summed E-state index contributed by atoms with van der Waals surface area (Å²) in [5, 5.41) is 10.9. The predicted molar refractivity (Wildman–Crippen MR) is 107 cm³/mol. The Hall–Kier alpha value is -3.56. The number of fused-ring (bicyclic) bond motifs is 1. The van der Waals surface area contributed by atoms with Gasteiger partial charge >= 0.3 is 6.36 Å². The van der Waals surface area contributed by atoms with E-state index < -0.39 is 11.3 Å². The van der Waals surface area contributed by atoms with E-state index in [0.29, 0.717) is 43.7 Å². The summed E-state index contributed by atoms with van der Waals surface area (Å²) in [7, 11) is 0. The highest BCUT2D eigenvalue weighted by Gasteiger charge is 2.31. The number of nitro groups is 1. The van der Waals surface area contributed by atoms with Gasteiger partial charge in [-0.15, -0.1) is 13.2 Å². The zero-order valence-corrected chi connectivity index (χ0v) is 16.3. The molecular formula is C21H18F3N3O4. The van der Waals surface area contributed by atoms with Gasteiger partial charge in [-0.25, -0.2) is 0 Å². The van der Waals surface area contributed by atoms with E-state index >= 15 is 0 Å². The number of piperazine rings is 1. The maximum atomic E-state index is 12.9. The lowest BCUT2D eigenvalue weighted by molar-refractivity contribution is -0.384. The van der Waals surface area contributed by atoms with Gasteiger partial charge in [0, 0.05) is 56.0 Å². The molecule has 0 spiro atoms. The molecule has 1 aliphatic heterocycles. The Kier molecular flexibility index (Phi) is 5.30. The molecule has 1 fully saturated rings. The van der Waals surface area contributed by atoms with E-state index in [0.717, 1.165) is 11.3 Å². The van der Waals surface area contributed by atoms with Crippen LogP contribution in [0.1, 0.15) is 11.1 Å².